The molecule has 4 nitrogen and oxygen atoms in total. The molecular weight excluding hydrogens is 204 g/mol. The van der Waals surface area contributed by atoms with Crippen molar-refractivity contribution in [1.29, 1.82) is 0 Å². The van der Waals surface area contributed by atoms with Gasteiger partial charge in [-0.2, -0.15) is 0 Å². The minimum absolute atomic E-state index is 0.222. The van der Waals surface area contributed by atoms with E-state index >= 15 is 0 Å². The van der Waals surface area contributed by atoms with Crippen LogP contribution in [0.2, 0.25) is 0 Å². The number of ether oxygens (including phenoxy) is 1. The number of likely N-dealkylation sites (tertiary alicyclic amines) is 1. The van der Waals surface area contributed by atoms with E-state index < -0.39 is 0 Å². The summed E-state index contributed by atoms with van der Waals surface area (Å²) < 4.78 is 5.28. The number of carbonyl (C=O) groups is 1. The molecule has 0 radical (unpaired) electrons. The van der Waals surface area contributed by atoms with Gasteiger partial charge in [0.05, 0.1) is 13.2 Å². The third-order valence-corrected chi connectivity index (χ3v) is 3.76. The van der Waals surface area contributed by atoms with E-state index in [-0.39, 0.29) is 6.03 Å². The summed E-state index contributed by atoms with van der Waals surface area (Å²) in [6.45, 7) is 7.20. The Morgan fingerprint density at radius 3 is 2.62 bits per heavy atom. The van der Waals surface area contributed by atoms with Gasteiger partial charge >= 0.3 is 6.03 Å². The highest BCUT2D eigenvalue weighted by atomic mass is 16.5. The lowest BCUT2D eigenvalue weighted by atomic mass is 10.2. The standard InChI is InChI=1S/C12H22N2O2/c1-3-11-5-4-10(2)14(11)12(15)13-6-8-16-9-7-13/h10-11H,3-9H2,1-2H3. The largest absolute Gasteiger partial charge is 0.378 e. The maximum atomic E-state index is 12.4. The van der Waals surface area contributed by atoms with Crippen LogP contribution in [0.3, 0.4) is 0 Å². The zero-order valence-corrected chi connectivity index (χ0v) is 10.3. The average molecular weight is 226 g/mol. The molecule has 2 heterocycles. The Kier molecular flexibility index (Phi) is 3.69. The van der Waals surface area contributed by atoms with Crippen LogP contribution in [-0.4, -0.2) is 54.2 Å². The van der Waals surface area contributed by atoms with Crippen molar-refractivity contribution in [3.05, 3.63) is 0 Å². The van der Waals surface area contributed by atoms with E-state index in [1.54, 1.807) is 0 Å². The zero-order valence-electron chi connectivity index (χ0n) is 10.3. The molecule has 2 aliphatic rings. The number of urea groups is 1. The van der Waals surface area contributed by atoms with Gasteiger partial charge in [-0.1, -0.05) is 6.92 Å². The van der Waals surface area contributed by atoms with Crippen LogP contribution in [0.25, 0.3) is 0 Å². The van der Waals surface area contributed by atoms with Crippen molar-refractivity contribution in [3.63, 3.8) is 0 Å². The molecule has 2 aliphatic heterocycles. The molecule has 0 saturated carbocycles. The van der Waals surface area contributed by atoms with Crippen LogP contribution in [0.1, 0.15) is 33.1 Å². The van der Waals surface area contributed by atoms with Crippen molar-refractivity contribution in [2.75, 3.05) is 26.3 Å². The number of hydrogen-bond acceptors (Lipinski definition) is 2. The Labute approximate surface area is 97.5 Å². The van der Waals surface area contributed by atoms with Gasteiger partial charge in [0.15, 0.2) is 0 Å². The molecule has 2 atom stereocenters. The van der Waals surface area contributed by atoms with Crippen LogP contribution in [0.15, 0.2) is 0 Å². The van der Waals surface area contributed by atoms with Crippen molar-refractivity contribution < 1.29 is 9.53 Å². The predicted octanol–water partition coefficient (Wildman–Crippen LogP) is 1.70. The Hall–Kier alpha value is -0.770. The lowest BCUT2D eigenvalue weighted by molar-refractivity contribution is 0.0389. The average Bonchev–Trinajstić information content (AvgIpc) is 2.70. The Morgan fingerprint density at radius 2 is 2.00 bits per heavy atom. The topological polar surface area (TPSA) is 32.8 Å². The number of amides is 2. The summed E-state index contributed by atoms with van der Waals surface area (Å²) in [5.41, 5.74) is 0. The molecule has 2 saturated heterocycles. The molecule has 0 aromatic carbocycles. The van der Waals surface area contributed by atoms with Crippen LogP contribution in [0.4, 0.5) is 4.79 Å². The van der Waals surface area contributed by atoms with E-state index in [2.05, 4.69) is 18.7 Å². The molecule has 0 aromatic rings. The van der Waals surface area contributed by atoms with Gasteiger partial charge in [0, 0.05) is 25.2 Å². The summed E-state index contributed by atoms with van der Waals surface area (Å²) in [4.78, 5) is 16.4. The lowest BCUT2D eigenvalue weighted by Crippen LogP contribution is -2.51. The number of carbonyl (C=O) groups excluding carboxylic acids is 1. The van der Waals surface area contributed by atoms with Crippen LogP contribution in [0.5, 0.6) is 0 Å². The first-order chi connectivity index (χ1) is 7.74. The van der Waals surface area contributed by atoms with E-state index in [1.807, 2.05) is 4.90 Å². The van der Waals surface area contributed by atoms with E-state index in [0.717, 1.165) is 32.4 Å². The molecule has 16 heavy (non-hydrogen) atoms. The molecule has 92 valence electrons. The molecule has 0 spiro atoms. The maximum absolute atomic E-state index is 12.4. The summed E-state index contributed by atoms with van der Waals surface area (Å²) in [5.74, 6) is 0. The molecule has 2 fully saturated rings. The molecule has 2 amide bonds. The van der Waals surface area contributed by atoms with Gasteiger partial charge in [0.2, 0.25) is 0 Å². The van der Waals surface area contributed by atoms with Crippen molar-refractivity contribution in [1.82, 2.24) is 9.80 Å². The van der Waals surface area contributed by atoms with E-state index in [9.17, 15) is 4.79 Å². The number of rotatable bonds is 1. The van der Waals surface area contributed by atoms with Gasteiger partial charge in [-0.3, -0.25) is 0 Å². The second-order valence-electron chi connectivity index (χ2n) is 4.78. The lowest BCUT2D eigenvalue weighted by Gasteiger charge is -2.35. The fraction of sp³-hybridized carbons (Fsp3) is 0.917. The van der Waals surface area contributed by atoms with Crippen LogP contribution in [-0.2, 0) is 4.74 Å². The highest BCUT2D eigenvalue weighted by Crippen LogP contribution is 2.27. The fourth-order valence-electron chi connectivity index (χ4n) is 2.74. The highest BCUT2D eigenvalue weighted by Gasteiger charge is 2.35. The van der Waals surface area contributed by atoms with Gasteiger partial charge in [-0.05, 0) is 26.2 Å². The van der Waals surface area contributed by atoms with Crippen LogP contribution >= 0.6 is 0 Å². The molecule has 4 heteroatoms. The Bertz CT molecular complexity index is 251. The quantitative estimate of drug-likeness (QED) is 0.682. The van der Waals surface area contributed by atoms with Crippen molar-refractivity contribution >= 4 is 6.03 Å². The third-order valence-electron chi connectivity index (χ3n) is 3.76. The second kappa shape index (κ2) is 5.04. The minimum Gasteiger partial charge on any atom is -0.378 e. The van der Waals surface area contributed by atoms with Gasteiger partial charge in [0.25, 0.3) is 0 Å². The normalized spacial score (nSPS) is 30.9. The molecule has 0 aromatic heterocycles. The molecule has 0 bridgehead atoms. The first kappa shape index (κ1) is 11.7. The summed E-state index contributed by atoms with van der Waals surface area (Å²) in [6.07, 6.45) is 3.38. The summed E-state index contributed by atoms with van der Waals surface area (Å²) in [7, 11) is 0. The molecule has 0 N–H and O–H groups in total. The highest BCUT2D eigenvalue weighted by molar-refractivity contribution is 5.75. The first-order valence-corrected chi connectivity index (χ1v) is 6.39. The molecular formula is C12H22N2O2. The SMILES string of the molecule is CCC1CCC(C)N1C(=O)N1CCOCC1. The summed E-state index contributed by atoms with van der Waals surface area (Å²) in [6, 6.07) is 1.07. The summed E-state index contributed by atoms with van der Waals surface area (Å²) in [5, 5.41) is 0. The maximum Gasteiger partial charge on any atom is 0.320 e. The fourth-order valence-corrected chi connectivity index (χ4v) is 2.74. The third kappa shape index (κ3) is 2.17. The monoisotopic (exact) mass is 226 g/mol. The van der Waals surface area contributed by atoms with Crippen molar-refractivity contribution in [2.45, 2.75) is 45.2 Å². The van der Waals surface area contributed by atoms with Crippen molar-refractivity contribution in [3.8, 4) is 0 Å². The Balaban J connectivity index is 2.01. The van der Waals surface area contributed by atoms with Gasteiger partial charge in [-0.25, -0.2) is 4.79 Å². The number of morpholine rings is 1. The van der Waals surface area contributed by atoms with E-state index in [1.165, 1.54) is 0 Å². The van der Waals surface area contributed by atoms with Gasteiger partial charge in [0.1, 0.15) is 0 Å². The summed E-state index contributed by atoms with van der Waals surface area (Å²) >= 11 is 0. The number of nitrogens with zero attached hydrogens (tertiary/aromatic N) is 2. The molecule has 2 unspecified atom stereocenters. The second-order valence-corrected chi connectivity index (χ2v) is 4.78. The minimum atomic E-state index is 0.222. The Morgan fingerprint density at radius 1 is 1.31 bits per heavy atom. The van der Waals surface area contributed by atoms with Crippen LogP contribution < -0.4 is 0 Å². The van der Waals surface area contributed by atoms with Gasteiger partial charge < -0.3 is 14.5 Å². The molecule has 2 rings (SSSR count). The van der Waals surface area contributed by atoms with E-state index in [4.69, 9.17) is 4.74 Å². The molecule has 0 aliphatic carbocycles. The smallest absolute Gasteiger partial charge is 0.320 e. The zero-order chi connectivity index (χ0) is 11.5. The van der Waals surface area contributed by atoms with Gasteiger partial charge in [-0.15, -0.1) is 0 Å². The van der Waals surface area contributed by atoms with E-state index in [0.29, 0.717) is 25.3 Å². The first-order valence-electron chi connectivity index (χ1n) is 6.39. The number of hydrogen-bond donors (Lipinski definition) is 0. The van der Waals surface area contributed by atoms with Crippen LogP contribution in [0, 0.1) is 0 Å². The predicted molar refractivity (Wildman–Crippen MR) is 62.4 cm³/mol. The van der Waals surface area contributed by atoms with Crippen molar-refractivity contribution in [2.24, 2.45) is 0 Å².